The first-order valence-corrected chi connectivity index (χ1v) is 8.17. The molecule has 1 aliphatic carbocycles. The number of carbonyl (C=O) groups excluding carboxylic acids is 1. The van der Waals surface area contributed by atoms with Crippen molar-refractivity contribution in [1.29, 1.82) is 0 Å². The van der Waals surface area contributed by atoms with Crippen LogP contribution in [0.3, 0.4) is 0 Å². The fourth-order valence-corrected chi connectivity index (χ4v) is 3.55. The van der Waals surface area contributed by atoms with Gasteiger partial charge in [0.25, 0.3) is 0 Å². The van der Waals surface area contributed by atoms with Gasteiger partial charge >= 0.3 is 0 Å². The minimum atomic E-state index is 0.216. The lowest BCUT2D eigenvalue weighted by atomic mass is 10.2. The van der Waals surface area contributed by atoms with E-state index < -0.39 is 0 Å². The molecule has 116 valence electrons. The van der Waals surface area contributed by atoms with Crippen molar-refractivity contribution in [3.63, 3.8) is 0 Å². The maximum Gasteiger partial charge on any atom is 0.221 e. The van der Waals surface area contributed by atoms with Crippen LogP contribution in [-0.2, 0) is 11.3 Å². The van der Waals surface area contributed by atoms with Crippen molar-refractivity contribution >= 4 is 5.91 Å². The van der Waals surface area contributed by atoms with Crippen LogP contribution >= 0.6 is 0 Å². The van der Waals surface area contributed by atoms with E-state index in [1.165, 1.54) is 25.7 Å². The number of nitrogens with zero attached hydrogens (tertiary/aromatic N) is 4. The van der Waals surface area contributed by atoms with Gasteiger partial charge in [-0.1, -0.05) is 12.8 Å². The van der Waals surface area contributed by atoms with Crippen LogP contribution in [0.1, 0.15) is 44.9 Å². The highest BCUT2D eigenvalue weighted by atomic mass is 16.1. The summed E-state index contributed by atoms with van der Waals surface area (Å²) in [7, 11) is 0. The van der Waals surface area contributed by atoms with Crippen molar-refractivity contribution < 1.29 is 4.79 Å². The normalized spacial score (nSPS) is 23.7. The second-order valence-electron chi connectivity index (χ2n) is 6.25. The zero-order chi connectivity index (χ0) is 14.5. The first-order chi connectivity index (χ1) is 10.3. The molecule has 0 spiro atoms. The number of nitrogens with one attached hydrogen (secondary N) is 1. The van der Waals surface area contributed by atoms with Gasteiger partial charge in [0, 0.05) is 25.0 Å². The van der Waals surface area contributed by atoms with Crippen molar-refractivity contribution in [1.82, 2.24) is 25.0 Å². The molecule has 2 heterocycles. The van der Waals surface area contributed by atoms with Crippen LogP contribution in [0, 0.1) is 0 Å². The number of likely N-dealkylation sites (tertiary alicyclic amines) is 1. The molecule has 1 saturated heterocycles. The van der Waals surface area contributed by atoms with Gasteiger partial charge in [-0.25, -0.2) is 4.98 Å². The standard InChI is InChI=1S/C15H25N5O/c21-15(18-13-4-1-2-5-13)7-9-19-8-3-6-14(19)10-20-12-16-11-17-20/h11-14H,1-10H2,(H,18,21)/t14-/m0/s1. The lowest BCUT2D eigenvalue weighted by molar-refractivity contribution is -0.122. The summed E-state index contributed by atoms with van der Waals surface area (Å²) < 4.78 is 1.89. The topological polar surface area (TPSA) is 63.1 Å². The predicted molar refractivity (Wildman–Crippen MR) is 79.6 cm³/mol. The maximum absolute atomic E-state index is 12.0. The van der Waals surface area contributed by atoms with E-state index in [1.54, 1.807) is 12.7 Å². The first-order valence-electron chi connectivity index (χ1n) is 8.17. The molecule has 1 saturated carbocycles. The zero-order valence-corrected chi connectivity index (χ0v) is 12.6. The Bertz CT molecular complexity index is 441. The summed E-state index contributed by atoms with van der Waals surface area (Å²) in [5.74, 6) is 0.216. The predicted octanol–water partition coefficient (Wildman–Crippen LogP) is 1.19. The van der Waals surface area contributed by atoms with E-state index in [-0.39, 0.29) is 5.91 Å². The van der Waals surface area contributed by atoms with Gasteiger partial charge in [0.1, 0.15) is 12.7 Å². The van der Waals surface area contributed by atoms with E-state index >= 15 is 0 Å². The third kappa shape index (κ3) is 4.03. The molecule has 2 aliphatic rings. The molecule has 0 unspecified atom stereocenters. The highest BCUT2D eigenvalue weighted by Crippen LogP contribution is 2.20. The molecule has 1 amide bonds. The van der Waals surface area contributed by atoms with Crippen LogP contribution in [0.5, 0.6) is 0 Å². The fraction of sp³-hybridized carbons (Fsp3) is 0.800. The van der Waals surface area contributed by atoms with Gasteiger partial charge in [0.2, 0.25) is 5.91 Å². The van der Waals surface area contributed by atoms with Crippen LogP contribution in [0.25, 0.3) is 0 Å². The van der Waals surface area contributed by atoms with Crippen molar-refractivity contribution in [3.8, 4) is 0 Å². The van der Waals surface area contributed by atoms with Gasteiger partial charge in [-0.05, 0) is 32.2 Å². The third-order valence-electron chi connectivity index (χ3n) is 4.71. The lowest BCUT2D eigenvalue weighted by Gasteiger charge is -2.24. The van der Waals surface area contributed by atoms with Gasteiger partial charge in [-0.3, -0.25) is 14.4 Å². The Labute approximate surface area is 125 Å². The zero-order valence-electron chi connectivity index (χ0n) is 12.6. The van der Waals surface area contributed by atoms with Gasteiger partial charge in [-0.2, -0.15) is 5.10 Å². The average molecular weight is 291 g/mol. The summed E-state index contributed by atoms with van der Waals surface area (Å²) in [5, 5.41) is 7.35. The summed E-state index contributed by atoms with van der Waals surface area (Å²) >= 11 is 0. The van der Waals surface area contributed by atoms with E-state index in [2.05, 4.69) is 20.3 Å². The van der Waals surface area contributed by atoms with E-state index in [0.29, 0.717) is 18.5 Å². The lowest BCUT2D eigenvalue weighted by Crippen LogP contribution is -2.38. The number of aromatic nitrogens is 3. The molecule has 0 aromatic carbocycles. The summed E-state index contributed by atoms with van der Waals surface area (Å²) in [6, 6.07) is 0.924. The highest BCUT2D eigenvalue weighted by Gasteiger charge is 2.25. The number of amides is 1. The summed E-state index contributed by atoms with van der Waals surface area (Å²) in [6.07, 6.45) is 11.2. The molecule has 6 nitrogen and oxygen atoms in total. The molecule has 1 N–H and O–H groups in total. The number of hydrogen-bond donors (Lipinski definition) is 1. The fourth-order valence-electron chi connectivity index (χ4n) is 3.55. The van der Waals surface area contributed by atoms with Crippen LogP contribution in [0.4, 0.5) is 0 Å². The third-order valence-corrected chi connectivity index (χ3v) is 4.71. The Kier molecular flexibility index (Phi) is 4.85. The molecule has 1 atom stereocenters. The Morgan fingerprint density at radius 3 is 2.86 bits per heavy atom. The Balaban J connectivity index is 1.42. The maximum atomic E-state index is 12.0. The van der Waals surface area contributed by atoms with Crippen LogP contribution < -0.4 is 5.32 Å². The second-order valence-corrected chi connectivity index (χ2v) is 6.25. The molecule has 21 heavy (non-hydrogen) atoms. The van der Waals surface area contributed by atoms with Crippen molar-refractivity contribution in [3.05, 3.63) is 12.7 Å². The van der Waals surface area contributed by atoms with E-state index in [4.69, 9.17) is 0 Å². The van der Waals surface area contributed by atoms with Crippen LogP contribution in [0.2, 0.25) is 0 Å². The van der Waals surface area contributed by atoms with Gasteiger partial charge in [0.05, 0.1) is 6.54 Å². The smallest absolute Gasteiger partial charge is 0.221 e. The monoisotopic (exact) mass is 291 g/mol. The molecular weight excluding hydrogens is 266 g/mol. The molecule has 3 rings (SSSR count). The highest BCUT2D eigenvalue weighted by molar-refractivity contribution is 5.76. The molecule has 1 aromatic heterocycles. The van der Waals surface area contributed by atoms with Crippen molar-refractivity contribution in [2.45, 2.75) is 63.6 Å². The number of carbonyl (C=O) groups is 1. The minimum absolute atomic E-state index is 0.216. The molecular formula is C15H25N5O. The van der Waals surface area contributed by atoms with Crippen molar-refractivity contribution in [2.75, 3.05) is 13.1 Å². The second kappa shape index (κ2) is 7.02. The first kappa shape index (κ1) is 14.5. The molecule has 0 bridgehead atoms. The van der Waals surface area contributed by atoms with Gasteiger partial charge in [-0.15, -0.1) is 0 Å². The summed E-state index contributed by atoms with van der Waals surface area (Å²) in [5.41, 5.74) is 0. The molecule has 6 heteroatoms. The minimum Gasteiger partial charge on any atom is -0.353 e. The van der Waals surface area contributed by atoms with E-state index in [1.807, 2.05) is 4.68 Å². The Morgan fingerprint density at radius 2 is 2.10 bits per heavy atom. The number of rotatable bonds is 6. The summed E-state index contributed by atoms with van der Waals surface area (Å²) in [6.45, 7) is 2.83. The van der Waals surface area contributed by atoms with Crippen LogP contribution in [-0.4, -0.2) is 50.7 Å². The quantitative estimate of drug-likeness (QED) is 0.855. The molecule has 0 radical (unpaired) electrons. The van der Waals surface area contributed by atoms with E-state index in [9.17, 15) is 4.79 Å². The van der Waals surface area contributed by atoms with Crippen LogP contribution in [0.15, 0.2) is 12.7 Å². The Hall–Kier alpha value is -1.43. The van der Waals surface area contributed by atoms with Gasteiger partial charge < -0.3 is 5.32 Å². The molecule has 1 aliphatic heterocycles. The van der Waals surface area contributed by atoms with Crippen molar-refractivity contribution in [2.24, 2.45) is 0 Å². The number of hydrogen-bond acceptors (Lipinski definition) is 4. The molecule has 1 aromatic rings. The molecule has 2 fully saturated rings. The largest absolute Gasteiger partial charge is 0.353 e. The Morgan fingerprint density at radius 1 is 1.24 bits per heavy atom. The van der Waals surface area contributed by atoms with Gasteiger partial charge in [0.15, 0.2) is 0 Å². The SMILES string of the molecule is O=C(CCN1CCC[C@H]1Cn1cncn1)NC1CCCC1. The average Bonchev–Trinajstić information content (AvgIpc) is 3.19. The van der Waals surface area contributed by atoms with E-state index in [0.717, 1.165) is 32.5 Å². The summed E-state index contributed by atoms with van der Waals surface area (Å²) in [4.78, 5) is 18.4.